The van der Waals surface area contributed by atoms with Crippen LogP contribution in [-0.2, 0) is 23.8 Å². The van der Waals surface area contributed by atoms with Gasteiger partial charge in [-0.05, 0) is 48.1 Å². The Morgan fingerprint density at radius 2 is 1.41 bits per heavy atom. The Hall–Kier alpha value is -4.65. The van der Waals surface area contributed by atoms with Crippen LogP contribution in [0.4, 0.5) is 0 Å². The molecular formula is C30H34O7. The summed E-state index contributed by atoms with van der Waals surface area (Å²) in [6.45, 7) is 22.4. The molecule has 0 atom stereocenters. The fourth-order valence-corrected chi connectivity index (χ4v) is 2.19. The normalized spacial score (nSPS) is 10.2. The standard InChI is InChI=1S/C28H28O7.C2H6/c1-6-8-10-21(3)11-18-27(30)34-22(4)12-13-23(5)35-28(31)24-14-16-25(17-15-24)32-19-9-20-33-26(29)7-2;1-2/h6-8,10-18H,1-5,9,19-20H2;1-2H3/b10-8-,13-12-,18-11+;. The van der Waals surface area contributed by atoms with Gasteiger partial charge < -0.3 is 18.9 Å². The van der Waals surface area contributed by atoms with Gasteiger partial charge in [0.15, 0.2) is 0 Å². The molecule has 0 fully saturated rings. The van der Waals surface area contributed by atoms with Crippen LogP contribution in [0.3, 0.4) is 0 Å². The summed E-state index contributed by atoms with van der Waals surface area (Å²) in [5.74, 6) is -1.15. The molecule has 1 rings (SSSR count). The minimum Gasteiger partial charge on any atom is -0.493 e. The lowest BCUT2D eigenvalue weighted by Crippen LogP contribution is -2.07. The molecule has 1 aromatic carbocycles. The maximum atomic E-state index is 12.3. The smallest absolute Gasteiger partial charge is 0.343 e. The number of carbonyl (C=O) groups excluding carboxylic acids is 3. The first-order chi connectivity index (χ1) is 17.7. The van der Waals surface area contributed by atoms with E-state index in [4.69, 9.17) is 18.9 Å². The third kappa shape index (κ3) is 15.8. The van der Waals surface area contributed by atoms with Crippen LogP contribution in [0.5, 0.6) is 5.75 Å². The summed E-state index contributed by atoms with van der Waals surface area (Å²) < 4.78 is 20.5. The molecule has 7 nitrogen and oxygen atoms in total. The first-order valence-corrected chi connectivity index (χ1v) is 11.4. The van der Waals surface area contributed by atoms with Gasteiger partial charge in [-0.25, -0.2) is 14.4 Å². The van der Waals surface area contributed by atoms with Crippen molar-refractivity contribution in [2.75, 3.05) is 13.2 Å². The molecule has 196 valence electrons. The number of benzene rings is 1. The minimum absolute atomic E-state index is 0.0279. The van der Waals surface area contributed by atoms with Crippen LogP contribution in [0.2, 0.25) is 0 Å². The Labute approximate surface area is 219 Å². The van der Waals surface area contributed by atoms with Crippen molar-refractivity contribution in [3.63, 3.8) is 0 Å². The lowest BCUT2D eigenvalue weighted by atomic mass is 10.2. The summed E-state index contributed by atoms with van der Waals surface area (Å²) in [5.41, 5.74) is 0.877. The quantitative estimate of drug-likeness (QED) is 0.0684. The molecule has 0 radical (unpaired) electrons. The molecule has 0 unspecified atom stereocenters. The van der Waals surface area contributed by atoms with Crippen LogP contribution in [0.1, 0.15) is 30.6 Å². The monoisotopic (exact) mass is 506 g/mol. The Kier molecular flexibility index (Phi) is 17.2. The van der Waals surface area contributed by atoms with Gasteiger partial charge in [-0.3, -0.25) is 0 Å². The zero-order chi connectivity index (χ0) is 28.1. The topological polar surface area (TPSA) is 88.1 Å². The highest BCUT2D eigenvalue weighted by Crippen LogP contribution is 2.15. The highest BCUT2D eigenvalue weighted by Gasteiger charge is 2.09. The van der Waals surface area contributed by atoms with Crippen LogP contribution >= 0.6 is 0 Å². The zero-order valence-electron chi connectivity index (χ0n) is 21.4. The van der Waals surface area contributed by atoms with Crippen LogP contribution < -0.4 is 4.74 Å². The van der Waals surface area contributed by atoms with Crippen molar-refractivity contribution in [1.82, 2.24) is 0 Å². The van der Waals surface area contributed by atoms with E-state index in [1.54, 1.807) is 30.4 Å². The Balaban J connectivity index is 0.00000631. The number of hydrogen-bond acceptors (Lipinski definition) is 7. The van der Waals surface area contributed by atoms with Gasteiger partial charge in [0.25, 0.3) is 0 Å². The summed E-state index contributed by atoms with van der Waals surface area (Å²) in [5, 5.41) is 0. The number of carbonyl (C=O) groups is 3. The van der Waals surface area contributed by atoms with E-state index in [1.165, 1.54) is 36.4 Å². The molecule has 0 aliphatic carbocycles. The zero-order valence-corrected chi connectivity index (χ0v) is 21.4. The average Bonchev–Trinajstić information content (AvgIpc) is 2.90. The molecular weight excluding hydrogens is 472 g/mol. The maximum Gasteiger partial charge on any atom is 0.343 e. The number of allylic oxidation sites excluding steroid dienone is 7. The van der Waals surface area contributed by atoms with Gasteiger partial charge in [-0.2, -0.15) is 0 Å². The molecule has 0 heterocycles. The summed E-state index contributed by atoms with van der Waals surface area (Å²) >= 11 is 0. The molecule has 7 heteroatoms. The van der Waals surface area contributed by atoms with Crippen LogP contribution in [0, 0.1) is 0 Å². The first kappa shape index (κ1) is 32.4. The highest BCUT2D eigenvalue weighted by molar-refractivity contribution is 5.90. The number of hydrogen-bond donors (Lipinski definition) is 0. The van der Waals surface area contributed by atoms with Gasteiger partial charge >= 0.3 is 17.9 Å². The molecule has 37 heavy (non-hydrogen) atoms. The SMILES string of the molecule is C=C/C=C\C(=C)/C=C/C(=O)OC(=C)/C=C\C(=C)OC(=O)c1ccc(OCCCOC(=O)C=C)cc1.CC. The molecule has 0 spiro atoms. The van der Waals surface area contributed by atoms with E-state index in [-0.39, 0.29) is 23.7 Å². The molecule has 0 saturated carbocycles. The fourth-order valence-electron chi connectivity index (χ4n) is 2.19. The van der Waals surface area contributed by atoms with Crippen molar-refractivity contribution in [2.45, 2.75) is 20.3 Å². The van der Waals surface area contributed by atoms with E-state index in [0.29, 0.717) is 24.4 Å². The maximum absolute atomic E-state index is 12.3. The molecule has 0 amide bonds. The van der Waals surface area contributed by atoms with E-state index in [2.05, 4.69) is 32.9 Å². The van der Waals surface area contributed by atoms with Crippen LogP contribution in [-0.4, -0.2) is 31.1 Å². The molecule has 0 aliphatic rings. The van der Waals surface area contributed by atoms with Crippen molar-refractivity contribution < 1.29 is 33.3 Å². The molecule has 0 aliphatic heterocycles. The summed E-state index contributed by atoms with van der Waals surface area (Å²) in [6, 6.07) is 6.30. The second-order valence-corrected chi connectivity index (χ2v) is 6.68. The van der Waals surface area contributed by atoms with Crippen molar-refractivity contribution >= 4 is 17.9 Å². The molecule has 1 aromatic rings. The van der Waals surface area contributed by atoms with Crippen molar-refractivity contribution in [2.24, 2.45) is 0 Å². The van der Waals surface area contributed by atoms with Gasteiger partial charge in [-0.15, -0.1) is 0 Å². The Morgan fingerprint density at radius 1 is 0.784 bits per heavy atom. The van der Waals surface area contributed by atoms with Gasteiger partial charge in [0.1, 0.15) is 17.3 Å². The minimum atomic E-state index is -0.643. The second kappa shape index (κ2) is 19.6. The van der Waals surface area contributed by atoms with E-state index < -0.39 is 17.9 Å². The van der Waals surface area contributed by atoms with Gasteiger partial charge in [0, 0.05) is 18.6 Å². The molecule has 0 bridgehead atoms. The number of ether oxygens (including phenoxy) is 4. The van der Waals surface area contributed by atoms with E-state index in [1.807, 2.05) is 13.8 Å². The first-order valence-electron chi connectivity index (χ1n) is 11.4. The third-order valence-electron chi connectivity index (χ3n) is 3.85. The van der Waals surface area contributed by atoms with Gasteiger partial charge in [0.05, 0.1) is 18.8 Å². The Morgan fingerprint density at radius 3 is 2.00 bits per heavy atom. The molecule has 0 aromatic heterocycles. The van der Waals surface area contributed by atoms with Crippen molar-refractivity contribution in [1.29, 1.82) is 0 Å². The lowest BCUT2D eigenvalue weighted by Gasteiger charge is -2.08. The van der Waals surface area contributed by atoms with Crippen LogP contribution in [0.15, 0.2) is 123 Å². The summed E-state index contributed by atoms with van der Waals surface area (Å²) in [4.78, 5) is 35.0. The number of esters is 3. The predicted octanol–water partition coefficient (Wildman–Crippen LogP) is 6.35. The average molecular weight is 507 g/mol. The van der Waals surface area contributed by atoms with Gasteiger partial charge in [0.2, 0.25) is 0 Å². The van der Waals surface area contributed by atoms with E-state index in [9.17, 15) is 14.4 Å². The van der Waals surface area contributed by atoms with Gasteiger partial charge in [-0.1, -0.05) is 65.0 Å². The van der Waals surface area contributed by atoms with Crippen LogP contribution in [0.25, 0.3) is 0 Å². The summed E-state index contributed by atoms with van der Waals surface area (Å²) in [6.07, 6.45) is 11.9. The lowest BCUT2D eigenvalue weighted by molar-refractivity contribution is -0.138. The van der Waals surface area contributed by atoms with Crippen molar-refractivity contribution in [3.8, 4) is 5.75 Å². The highest BCUT2D eigenvalue weighted by atomic mass is 16.5. The summed E-state index contributed by atoms with van der Waals surface area (Å²) in [7, 11) is 0. The third-order valence-corrected chi connectivity index (χ3v) is 3.85. The molecule has 0 saturated heterocycles. The fraction of sp³-hybridized carbons (Fsp3) is 0.167. The Bertz CT molecular complexity index is 1050. The number of rotatable bonds is 15. The van der Waals surface area contributed by atoms with E-state index >= 15 is 0 Å². The predicted molar refractivity (Wildman–Crippen MR) is 146 cm³/mol. The van der Waals surface area contributed by atoms with E-state index in [0.717, 1.165) is 6.08 Å². The van der Waals surface area contributed by atoms with Crippen molar-refractivity contribution in [3.05, 3.63) is 128 Å². The second-order valence-electron chi connectivity index (χ2n) is 6.68. The largest absolute Gasteiger partial charge is 0.493 e. The molecule has 0 N–H and O–H groups in total.